The van der Waals surface area contributed by atoms with Gasteiger partial charge in [-0.3, -0.25) is 13.9 Å². The average Bonchev–Trinajstić information content (AvgIpc) is 2.92. The fourth-order valence-electron chi connectivity index (χ4n) is 4.17. The molecule has 0 aromatic heterocycles. The maximum atomic E-state index is 14.0. The van der Waals surface area contributed by atoms with Gasteiger partial charge in [-0.25, -0.2) is 8.42 Å². The number of likely N-dealkylation sites (N-methyl/N-ethyl adjacent to an activating group) is 1. The molecule has 0 aliphatic heterocycles. The van der Waals surface area contributed by atoms with Crippen LogP contribution in [0.4, 0.5) is 5.69 Å². The summed E-state index contributed by atoms with van der Waals surface area (Å²) in [5.74, 6) is -0.296. The van der Waals surface area contributed by atoms with Crippen LogP contribution in [0.3, 0.4) is 0 Å². The fraction of sp³-hybridized carbons (Fsp3) is 0.310. The molecule has 0 aliphatic rings. The van der Waals surface area contributed by atoms with E-state index >= 15 is 0 Å². The summed E-state index contributed by atoms with van der Waals surface area (Å²) in [5.41, 5.74) is 2.12. The first-order chi connectivity index (χ1) is 18.6. The van der Waals surface area contributed by atoms with Crippen molar-refractivity contribution in [3.05, 3.63) is 88.4 Å². The molecular weight excluding hydrogens is 582 g/mol. The molecule has 0 saturated carbocycles. The number of aryl methyl sites for hydroxylation is 1. The van der Waals surface area contributed by atoms with Crippen molar-refractivity contribution >= 4 is 43.5 Å². The summed E-state index contributed by atoms with van der Waals surface area (Å²) >= 11 is 3.36. The largest absolute Gasteiger partial charge is 0.496 e. The number of anilines is 1. The van der Waals surface area contributed by atoms with Gasteiger partial charge in [0.05, 0.1) is 22.2 Å². The third-order valence-corrected chi connectivity index (χ3v) is 8.63. The minimum Gasteiger partial charge on any atom is -0.496 e. The lowest BCUT2D eigenvalue weighted by molar-refractivity contribution is -0.140. The second-order valence-corrected chi connectivity index (χ2v) is 11.7. The molecule has 8 nitrogen and oxygen atoms in total. The zero-order valence-corrected chi connectivity index (χ0v) is 25.0. The predicted molar refractivity (Wildman–Crippen MR) is 156 cm³/mol. The molecule has 0 saturated heterocycles. The van der Waals surface area contributed by atoms with Crippen molar-refractivity contribution in [2.24, 2.45) is 0 Å². The van der Waals surface area contributed by atoms with Crippen molar-refractivity contribution in [2.75, 3.05) is 24.5 Å². The highest BCUT2D eigenvalue weighted by Gasteiger charge is 2.33. The SMILES string of the molecule is CCNC(=O)[C@H](CC)N(Cc1ccccc1)C(=O)CN(c1ccc(C)cc1)S(=O)(=O)c1ccc(OC)c(Br)c1. The van der Waals surface area contributed by atoms with Gasteiger partial charge in [-0.15, -0.1) is 0 Å². The molecule has 3 aromatic rings. The highest BCUT2D eigenvalue weighted by atomic mass is 79.9. The van der Waals surface area contributed by atoms with Gasteiger partial charge in [0.15, 0.2) is 0 Å². The van der Waals surface area contributed by atoms with Crippen molar-refractivity contribution in [1.82, 2.24) is 10.2 Å². The number of amides is 2. The van der Waals surface area contributed by atoms with Crippen LogP contribution < -0.4 is 14.4 Å². The number of hydrogen-bond donors (Lipinski definition) is 1. The lowest BCUT2D eigenvalue weighted by Gasteiger charge is -2.33. The van der Waals surface area contributed by atoms with Gasteiger partial charge in [-0.05, 0) is 72.1 Å². The monoisotopic (exact) mass is 615 g/mol. The molecule has 39 heavy (non-hydrogen) atoms. The summed E-state index contributed by atoms with van der Waals surface area (Å²) in [6.45, 7) is 5.62. The molecule has 10 heteroatoms. The van der Waals surface area contributed by atoms with Crippen molar-refractivity contribution in [3.8, 4) is 5.75 Å². The highest BCUT2D eigenvalue weighted by molar-refractivity contribution is 9.10. The van der Waals surface area contributed by atoms with E-state index in [1.807, 2.05) is 51.1 Å². The Kier molecular flexibility index (Phi) is 10.5. The number of ether oxygens (including phenoxy) is 1. The number of methoxy groups -OCH3 is 1. The Morgan fingerprint density at radius 1 is 1.00 bits per heavy atom. The second-order valence-electron chi connectivity index (χ2n) is 8.97. The van der Waals surface area contributed by atoms with E-state index in [9.17, 15) is 18.0 Å². The smallest absolute Gasteiger partial charge is 0.264 e. The van der Waals surface area contributed by atoms with E-state index in [2.05, 4.69) is 21.2 Å². The molecule has 0 bridgehead atoms. The predicted octanol–water partition coefficient (Wildman–Crippen LogP) is 4.90. The molecule has 208 valence electrons. The van der Waals surface area contributed by atoms with E-state index in [1.165, 1.54) is 24.1 Å². The van der Waals surface area contributed by atoms with Crippen LogP contribution >= 0.6 is 15.9 Å². The normalized spacial score (nSPS) is 11.9. The topological polar surface area (TPSA) is 96.0 Å². The molecule has 0 spiro atoms. The molecule has 0 fully saturated rings. The number of rotatable bonds is 12. The van der Waals surface area contributed by atoms with Gasteiger partial charge in [0, 0.05) is 13.1 Å². The Morgan fingerprint density at radius 3 is 2.23 bits per heavy atom. The van der Waals surface area contributed by atoms with Crippen molar-refractivity contribution in [2.45, 2.75) is 44.7 Å². The number of nitrogens with zero attached hydrogens (tertiary/aromatic N) is 2. The van der Waals surface area contributed by atoms with Gasteiger partial charge < -0.3 is 15.0 Å². The molecule has 3 aromatic carbocycles. The van der Waals surface area contributed by atoms with Gasteiger partial charge in [0.1, 0.15) is 18.3 Å². The highest BCUT2D eigenvalue weighted by Crippen LogP contribution is 2.31. The van der Waals surface area contributed by atoms with Crippen LogP contribution in [-0.4, -0.2) is 51.4 Å². The molecule has 1 N–H and O–H groups in total. The van der Waals surface area contributed by atoms with Crippen LogP contribution in [-0.2, 0) is 26.2 Å². The van der Waals surface area contributed by atoms with Gasteiger partial charge in [0.25, 0.3) is 10.0 Å². The summed E-state index contributed by atoms with van der Waals surface area (Å²) in [6, 6.07) is 19.9. The lowest BCUT2D eigenvalue weighted by Crippen LogP contribution is -2.52. The average molecular weight is 617 g/mol. The first-order valence-corrected chi connectivity index (χ1v) is 14.9. The summed E-state index contributed by atoms with van der Waals surface area (Å²) in [4.78, 5) is 28.4. The van der Waals surface area contributed by atoms with E-state index in [0.717, 1.165) is 15.4 Å². The van der Waals surface area contributed by atoms with Gasteiger partial charge in [-0.2, -0.15) is 0 Å². The third kappa shape index (κ3) is 7.39. The van der Waals surface area contributed by atoms with Crippen molar-refractivity contribution < 1.29 is 22.7 Å². The number of carbonyl (C=O) groups excluding carboxylic acids is 2. The van der Waals surface area contributed by atoms with E-state index in [-0.39, 0.29) is 17.3 Å². The second kappa shape index (κ2) is 13.6. The number of benzene rings is 3. The van der Waals surface area contributed by atoms with E-state index < -0.39 is 28.5 Å². The van der Waals surface area contributed by atoms with Crippen LogP contribution in [0.25, 0.3) is 0 Å². The first-order valence-electron chi connectivity index (χ1n) is 12.7. The number of nitrogens with one attached hydrogen (secondary N) is 1. The van der Waals surface area contributed by atoms with Crippen molar-refractivity contribution in [3.63, 3.8) is 0 Å². The van der Waals surface area contributed by atoms with Crippen LogP contribution in [0.1, 0.15) is 31.4 Å². The van der Waals surface area contributed by atoms with Crippen molar-refractivity contribution in [1.29, 1.82) is 0 Å². The Bertz CT molecular complexity index is 1380. The van der Waals surface area contributed by atoms with E-state index in [4.69, 9.17) is 4.74 Å². The van der Waals surface area contributed by atoms with E-state index in [1.54, 1.807) is 30.3 Å². The number of hydrogen-bond acceptors (Lipinski definition) is 5. The van der Waals surface area contributed by atoms with Crippen LogP contribution in [0, 0.1) is 6.92 Å². The summed E-state index contributed by atoms with van der Waals surface area (Å²) < 4.78 is 34.8. The summed E-state index contributed by atoms with van der Waals surface area (Å²) in [6.07, 6.45) is 0.368. The maximum absolute atomic E-state index is 14.0. The zero-order chi connectivity index (χ0) is 28.6. The van der Waals surface area contributed by atoms with Crippen LogP contribution in [0.2, 0.25) is 0 Å². The van der Waals surface area contributed by atoms with E-state index in [0.29, 0.717) is 28.9 Å². The van der Waals surface area contributed by atoms with Crippen LogP contribution in [0.15, 0.2) is 82.2 Å². The minimum atomic E-state index is -4.18. The quantitative estimate of drug-likeness (QED) is 0.312. The zero-order valence-electron chi connectivity index (χ0n) is 22.6. The molecule has 0 heterocycles. The molecule has 0 aliphatic carbocycles. The third-order valence-electron chi connectivity index (χ3n) is 6.24. The number of carbonyl (C=O) groups is 2. The molecule has 3 rings (SSSR count). The minimum absolute atomic E-state index is 0.00562. The van der Waals surface area contributed by atoms with Crippen LogP contribution in [0.5, 0.6) is 5.75 Å². The Hall–Kier alpha value is -3.37. The summed E-state index contributed by atoms with van der Waals surface area (Å²) in [7, 11) is -2.69. The summed E-state index contributed by atoms with van der Waals surface area (Å²) in [5, 5.41) is 2.80. The fourth-order valence-corrected chi connectivity index (χ4v) is 6.30. The molecule has 0 radical (unpaired) electrons. The van der Waals surface area contributed by atoms with Gasteiger partial charge >= 0.3 is 0 Å². The van der Waals surface area contributed by atoms with Gasteiger partial charge in [0.2, 0.25) is 11.8 Å². The molecule has 1 atom stereocenters. The first kappa shape index (κ1) is 30.2. The maximum Gasteiger partial charge on any atom is 0.264 e. The number of halogens is 1. The number of sulfonamides is 1. The molecule has 0 unspecified atom stereocenters. The Labute approximate surface area is 239 Å². The lowest BCUT2D eigenvalue weighted by atomic mass is 10.1. The Morgan fingerprint density at radius 2 is 1.67 bits per heavy atom. The molecule has 2 amide bonds. The van der Waals surface area contributed by atoms with Gasteiger partial charge in [-0.1, -0.05) is 55.0 Å². The standard InChI is InChI=1S/C29H34BrN3O5S/c1-5-26(29(35)31-6-2)32(19-22-10-8-7-9-11-22)28(34)20-33(23-14-12-21(3)13-15-23)39(36,37)24-16-17-27(38-4)25(30)18-24/h7-18,26H,5-6,19-20H2,1-4H3,(H,31,35)/t26-/m0/s1. The Balaban J connectivity index is 2.07. The molecular formula is C29H34BrN3O5S.